The van der Waals surface area contributed by atoms with Crippen LogP contribution in [-0.2, 0) is 6.42 Å². The Kier molecular flexibility index (Phi) is 4.34. The van der Waals surface area contributed by atoms with Crippen molar-refractivity contribution < 1.29 is 9.47 Å². The molecule has 0 aromatic heterocycles. The van der Waals surface area contributed by atoms with Crippen LogP contribution in [0.2, 0.25) is 0 Å². The number of benzene rings is 2. The molecule has 3 rings (SSSR count). The van der Waals surface area contributed by atoms with Crippen molar-refractivity contribution in [2.45, 2.75) is 31.8 Å². The molecule has 2 aromatic rings. The van der Waals surface area contributed by atoms with Gasteiger partial charge >= 0.3 is 0 Å². The molecule has 0 spiro atoms. The molecular weight excluding hydrogens is 274 g/mol. The monoisotopic (exact) mass is 297 g/mol. The van der Waals surface area contributed by atoms with E-state index in [0.717, 1.165) is 24.3 Å². The summed E-state index contributed by atoms with van der Waals surface area (Å²) in [4.78, 5) is 0. The van der Waals surface area contributed by atoms with Crippen LogP contribution in [0.3, 0.4) is 0 Å². The molecule has 3 nitrogen and oxygen atoms in total. The van der Waals surface area contributed by atoms with Gasteiger partial charge < -0.3 is 14.8 Å². The first-order valence-electron chi connectivity index (χ1n) is 7.82. The van der Waals surface area contributed by atoms with Gasteiger partial charge in [0.25, 0.3) is 0 Å². The zero-order valence-corrected chi connectivity index (χ0v) is 13.4. The van der Waals surface area contributed by atoms with Crippen molar-refractivity contribution in [2.75, 3.05) is 14.2 Å². The summed E-state index contributed by atoms with van der Waals surface area (Å²) in [5.41, 5.74) is 3.92. The minimum Gasteiger partial charge on any atom is -0.493 e. The fourth-order valence-corrected chi connectivity index (χ4v) is 3.22. The number of nitrogens with one attached hydrogen (secondary N) is 1. The summed E-state index contributed by atoms with van der Waals surface area (Å²) in [6.45, 7) is 2.23. The Morgan fingerprint density at radius 1 is 1.05 bits per heavy atom. The lowest BCUT2D eigenvalue weighted by Crippen LogP contribution is -2.39. The van der Waals surface area contributed by atoms with Gasteiger partial charge in [0.2, 0.25) is 0 Å². The molecule has 116 valence electrons. The van der Waals surface area contributed by atoms with Crippen LogP contribution in [0.4, 0.5) is 0 Å². The van der Waals surface area contributed by atoms with Gasteiger partial charge in [-0.05, 0) is 41.7 Å². The van der Waals surface area contributed by atoms with Crippen LogP contribution in [0.5, 0.6) is 11.5 Å². The second-order valence-electron chi connectivity index (χ2n) is 5.73. The van der Waals surface area contributed by atoms with Gasteiger partial charge in [-0.3, -0.25) is 0 Å². The Hall–Kier alpha value is -2.00. The summed E-state index contributed by atoms with van der Waals surface area (Å²) >= 11 is 0. The third-order valence-corrected chi connectivity index (χ3v) is 4.45. The highest BCUT2D eigenvalue weighted by atomic mass is 16.5. The van der Waals surface area contributed by atoms with Crippen molar-refractivity contribution in [2.24, 2.45) is 0 Å². The number of methoxy groups -OCH3 is 2. The number of hydrogen-bond acceptors (Lipinski definition) is 3. The molecule has 0 bridgehead atoms. The van der Waals surface area contributed by atoms with Gasteiger partial charge in [-0.25, -0.2) is 0 Å². The van der Waals surface area contributed by atoms with Crippen LogP contribution < -0.4 is 14.8 Å². The van der Waals surface area contributed by atoms with E-state index in [1.54, 1.807) is 14.2 Å². The molecule has 3 heteroatoms. The molecule has 0 amide bonds. The van der Waals surface area contributed by atoms with Gasteiger partial charge in [-0.2, -0.15) is 0 Å². The van der Waals surface area contributed by atoms with E-state index in [9.17, 15) is 0 Å². The summed E-state index contributed by atoms with van der Waals surface area (Å²) in [5, 5.41) is 3.77. The lowest BCUT2D eigenvalue weighted by atomic mass is 9.85. The maximum absolute atomic E-state index is 5.49. The largest absolute Gasteiger partial charge is 0.493 e. The average Bonchev–Trinajstić information content (AvgIpc) is 2.60. The van der Waals surface area contributed by atoms with E-state index in [-0.39, 0.29) is 6.04 Å². The van der Waals surface area contributed by atoms with Crippen LogP contribution in [0, 0.1) is 0 Å². The van der Waals surface area contributed by atoms with E-state index in [4.69, 9.17) is 9.47 Å². The molecule has 2 atom stereocenters. The standard InChI is InChI=1S/C19H23NO2/c1-4-15-10-14-11-17(21-2)18(22-3)12-16(14)19(20-15)13-8-6-5-7-9-13/h5-9,11-12,15,19-20H,4,10H2,1-3H3/t15-,19+/m1/s1. The Labute approximate surface area is 132 Å². The smallest absolute Gasteiger partial charge is 0.161 e. The highest BCUT2D eigenvalue weighted by Gasteiger charge is 2.28. The Bertz CT molecular complexity index is 639. The Balaban J connectivity index is 2.10. The second-order valence-corrected chi connectivity index (χ2v) is 5.73. The fourth-order valence-electron chi connectivity index (χ4n) is 3.22. The zero-order chi connectivity index (χ0) is 15.5. The molecule has 1 aliphatic heterocycles. The SMILES string of the molecule is CC[C@@H]1Cc2cc(OC)c(OC)cc2[C@H](c2ccccc2)N1. The molecule has 0 saturated carbocycles. The molecule has 0 saturated heterocycles. The van der Waals surface area contributed by atoms with E-state index in [1.165, 1.54) is 16.7 Å². The topological polar surface area (TPSA) is 30.5 Å². The van der Waals surface area contributed by atoms with Gasteiger partial charge in [-0.1, -0.05) is 37.3 Å². The van der Waals surface area contributed by atoms with Crippen molar-refractivity contribution in [3.63, 3.8) is 0 Å². The molecule has 2 aromatic carbocycles. The van der Waals surface area contributed by atoms with Crippen molar-refractivity contribution in [1.29, 1.82) is 0 Å². The van der Waals surface area contributed by atoms with Crippen LogP contribution in [0.25, 0.3) is 0 Å². The Morgan fingerprint density at radius 2 is 1.73 bits per heavy atom. The summed E-state index contributed by atoms with van der Waals surface area (Å²) in [5.74, 6) is 1.60. The van der Waals surface area contributed by atoms with Crippen LogP contribution in [0.1, 0.15) is 36.1 Å². The molecular formula is C19H23NO2. The van der Waals surface area contributed by atoms with Gasteiger partial charge in [0, 0.05) is 6.04 Å². The van der Waals surface area contributed by atoms with Crippen LogP contribution >= 0.6 is 0 Å². The molecule has 1 heterocycles. The van der Waals surface area contributed by atoms with E-state index < -0.39 is 0 Å². The first kappa shape index (κ1) is 14.9. The highest BCUT2D eigenvalue weighted by Crippen LogP contribution is 2.38. The highest BCUT2D eigenvalue weighted by molar-refractivity contribution is 5.51. The zero-order valence-electron chi connectivity index (χ0n) is 13.4. The third-order valence-electron chi connectivity index (χ3n) is 4.45. The van der Waals surface area contributed by atoms with E-state index in [1.807, 2.05) is 0 Å². The lowest BCUT2D eigenvalue weighted by Gasteiger charge is -2.34. The Morgan fingerprint density at radius 3 is 2.36 bits per heavy atom. The number of ether oxygens (including phenoxy) is 2. The van der Waals surface area contributed by atoms with Gasteiger partial charge in [0.05, 0.1) is 20.3 Å². The minimum atomic E-state index is 0.203. The van der Waals surface area contributed by atoms with Crippen molar-refractivity contribution >= 4 is 0 Å². The summed E-state index contributed by atoms with van der Waals surface area (Å²) in [6.07, 6.45) is 2.13. The second kappa shape index (κ2) is 6.41. The first-order valence-corrected chi connectivity index (χ1v) is 7.82. The van der Waals surface area contributed by atoms with E-state index >= 15 is 0 Å². The first-order chi connectivity index (χ1) is 10.8. The minimum absolute atomic E-state index is 0.203. The van der Waals surface area contributed by atoms with Crippen molar-refractivity contribution in [3.05, 3.63) is 59.2 Å². The molecule has 0 radical (unpaired) electrons. The summed E-state index contributed by atoms with van der Waals surface area (Å²) in [7, 11) is 3.38. The molecule has 1 N–H and O–H groups in total. The predicted molar refractivity (Wildman–Crippen MR) is 88.7 cm³/mol. The maximum atomic E-state index is 5.49. The molecule has 22 heavy (non-hydrogen) atoms. The van der Waals surface area contributed by atoms with Crippen LogP contribution in [-0.4, -0.2) is 20.3 Å². The quantitative estimate of drug-likeness (QED) is 0.933. The third kappa shape index (κ3) is 2.69. The van der Waals surface area contributed by atoms with Gasteiger partial charge in [-0.15, -0.1) is 0 Å². The number of fused-ring (bicyclic) bond motifs is 1. The predicted octanol–water partition coefficient (Wildman–Crippen LogP) is 3.72. The van der Waals surface area contributed by atoms with Gasteiger partial charge in [0.1, 0.15) is 0 Å². The molecule has 0 unspecified atom stereocenters. The van der Waals surface area contributed by atoms with Gasteiger partial charge in [0.15, 0.2) is 11.5 Å². The van der Waals surface area contributed by atoms with E-state index in [0.29, 0.717) is 6.04 Å². The molecule has 1 aliphatic rings. The van der Waals surface area contributed by atoms with Crippen LogP contribution in [0.15, 0.2) is 42.5 Å². The molecule has 0 aliphatic carbocycles. The normalized spacial score (nSPS) is 20.3. The molecule has 0 fully saturated rings. The number of hydrogen-bond donors (Lipinski definition) is 1. The van der Waals surface area contributed by atoms with E-state index in [2.05, 4.69) is 54.7 Å². The maximum Gasteiger partial charge on any atom is 0.161 e. The number of rotatable bonds is 4. The summed E-state index contributed by atoms with van der Waals surface area (Å²) in [6, 6.07) is 15.5. The fraction of sp³-hybridized carbons (Fsp3) is 0.368. The summed E-state index contributed by atoms with van der Waals surface area (Å²) < 4.78 is 11.0. The lowest BCUT2D eigenvalue weighted by molar-refractivity contribution is 0.350. The van der Waals surface area contributed by atoms with Crippen molar-refractivity contribution in [1.82, 2.24) is 5.32 Å². The van der Waals surface area contributed by atoms with Crippen molar-refractivity contribution in [3.8, 4) is 11.5 Å². The average molecular weight is 297 g/mol.